The van der Waals surface area contributed by atoms with Crippen LogP contribution in [-0.2, 0) is 91.5 Å². The maximum absolute atomic E-state index is 5.56. The van der Waals surface area contributed by atoms with Crippen molar-refractivity contribution >= 4 is 35.7 Å². The number of nitrogens with zero attached hydrogens (tertiary/aromatic N) is 6. The average Bonchev–Trinajstić information content (AvgIpc) is 1.60. The molecular formula is C110H165Fe3N6O+3. The number of anilines is 3. The van der Waals surface area contributed by atoms with Crippen molar-refractivity contribution in [3.8, 4) is 0 Å². The number of allylic oxidation sites excluding steroid dienone is 6. The Morgan fingerprint density at radius 3 is 1.05 bits per heavy atom. The third-order valence-corrected chi connectivity index (χ3v) is 27.1. The molecule has 0 amide bonds. The predicted octanol–water partition coefficient (Wildman–Crippen LogP) is 27.9. The number of morpholine rings is 1. The third-order valence-electron chi connectivity index (χ3n) is 27.1. The fourth-order valence-corrected chi connectivity index (χ4v) is 21.2. The average molecular weight is 1760 g/mol. The van der Waals surface area contributed by atoms with E-state index in [-0.39, 0.29) is 112 Å². The van der Waals surface area contributed by atoms with E-state index < -0.39 is 0 Å². The van der Waals surface area contributed by atoms with Gasteiger partial charge >= 0.3 is 51.2 Å². The molecule has 0 aromatic heterocycles. The van der Waals surface area contributed by atoms with Crippen LogP contribution in [0.4, 0.5) is 17.1 Å². The van der Waals surface area contributed by atoms with E-state index in [9.17, 15) is 0 Å². The van der Waals surface area contributed by atoms with Crippen LogP contribution in [0.25, 0.3) is 0 Å². The summed E-state index contributed by atoms with van der Waals surface area (Å²) in [6.45, 7) is 9.57. The molecule has 10 heteroatoms. The van der Waals surface area contributed by atoms with Gasteiger partial charge < -0.3 is 64.0 Å². The number of hydrogen-bond acceptors (Lipinski definition) is 4. The molecule has 1 saturated heterocycles. The fourth-order valence-electron chi connectivity index (χ4n) is 21.2. The predicted molar refractivity (Wildman–Crippen MR) is 514 cm³/mol. The fraction of sp³-hybridized carbons (Fsp3) is 0.536. The number of hydrogen-bond donors (Lipinski definition) is 0. The van der Waals surface area contributed by atoms with Crippen LogP contribution in [0.15, 0.2) is 199 Å². The van der Waals surface area contributed by atoms with Crippen molar-refractivity contribution in [3.63, 3.8) is 0 Å². The Morgan fingerprint density at radius 2 is 0.658 bits per heavy atom. The van der Waals surface area contributed by atoms with Crippen LogP contribution >= 0.6 is 0 Å². The van der Waals surface area contributed by atoms with Gasteiger partial charge in [-0.25, -0.2) is 13.7 Å². The van der Waals surface area contributed by atoms with E-state index >= 15 is 0 Å². The molecule has 4 aliphatic heterocycles. The van der Waals surface area contributed by atoms with E-state index in [4.69, 9.17) is 4.74 Å². The van der Waals surface area contributed by atoms with E-state index in [0.29, 0.717) is 0 Å². The summed E-state index contributed by atoms with van der Waals surface area (Å²) in [6, 6.07) is 60.7. The van der Waals surface area contributed by atoms with E-state index in [1.165, 1.54) is 307 Å². The molecule has 6 aromatic rings. The van der Waals surface area contributed by atoms with Crippen LogP contribution in [0.3, 0.4) is 0 Å². The van der Waals surface area contributed by atoms with Gasteiger partial charge in [0, 0.05) is 88.3 Å². The Kier molecular flexibility index (Phi) is 52.4. The van der Waals surface area contributed by atoms with Gasteiger partial charge in [-0.1, -0.05) is 338 Å². The maximum atomic E-state index is 5.56. The van der Waals surface area contributed by atoms with Crippen LogP contribution in [0, 0.1) is 62.3 Å². The van der Waals surface area contributed by atoms with Gasteiger partial charge in [0.2, 0.25) is 0 Å². The zero-order chi connectivity index (χ0) is 76.6. The SMILES string of the molecule is C(C=[N+]1CCOCC1)=C1N(CCCC2CCCC2)c2ccccc2C12CCCCC2.C1CCCC1.C1CCCC1.C1CCCC1.C[N+](C)=CC=C1N(CCCC2CCCC2)c2ccccc2C1(C)Cc1ccccc1.C[N+](C)=CC=C1N(CCCC2CCCC2)c2ccccc2C1(Cc1ccccc1)Cc1ccccc1.[CH3-].[CH3-].[CH3-].[CH3-].[CH3-].[CH3-].[Fe+2].[Fe+2].[Fe+2]. The van der Waals surface area contributed by atoms with Crippen molar-refractivity contribution in [2.75, 3.05) is 88.8 Å². The molecule has 0 radical (unpaired) electrons. The summed E-state index contributed by atoms with van der Waals surface area (Å²) in [5, 5.41) is 0. The van der Waals surface area contributed by atoms with Crippen molar-refractivity contribution < 1.29 is 69.7 Å². The standard InChI is InChI=1S/C34H41N2.C28H37N2.C27H39N2O.3C5H10.6CH3.3Fe/c1-35(2)25-23-33-34(26-29-16-5-3-6-17-29,27-30-18-7-4-8-19-30)31-21-11-12-22-32(31)36(33)24-13-20-28-14-9-10-15-28;1-28(22-24-14-5-4-6-15-24)25-17-9-10-18-26(25)30(27(28)19-21-29(2)3)20-11-16-23-12-7-8-13-23;1-6-15-27(16-7-1)24-12-4-5-13-25(24)29(17-8-11-23-9-2-3-10-23)26(27)14-18-28-19-21-30-22-20-28;3*1-2-4-5-3-1;;;;;;;;;/h3-8,11-12,16-19,21-23,25,28H,9-10,13-15,20,24,26-27H2,1-2H3;4-6,9-10,14-15,17-19,21,23H,7-8,11-13,16,20,22H2,1-3H3;4-5,12-14,18,23H,1-3,6-11,15-17,19-22H2;3*1-5H2;6*1H3;;;/q3*+1;;;;6*-1;3*+2. The molecule has 0 N–H and O–H groups in total. The van der Waals surface area contributed by atoms with Crippen molar-refractivity contribution in [1.29, 1.82) is 0 Å². The van der Waals surface area contributed by atoms with Gasteiger partial charge in [0.1, 0.15) is 41.4 Å². The Labute approximate surface area is 769 Å². The molecule has 7 nitrogen and oxygen atoms in total. The molecule has 1 unspecified atom stereocenters. The quantitative estimate of drug-likeness (QED) is 0.0311. The molecule has 7 aliphatic carbocycles. The molecule has 120 heavy (non-hydrogen) atoms. The summed E-state index contributed by atoms with van der Waals surface area (Å²) in [7, 11) is 8.47. The molecule has 4 heterocycles. The van der Waals surface area contributed by atoms with Gasteiger partial charge in [0.05, 0.1) is 0 Å². The molecule has 662 valence electrons. The van der Waals surface area contributed by atoms with Crippen LogP contribution in [0.2, 0.25) is 0 Å². The smallest absolute Gasteiger partial charge is 0.368 e. The molecule has 17 rings (SSSR count). The van der Waals surface area contributed by atoms with Crippen molar-refractivity contribution in [2.24, 2.45) is 17.8 Å². The second-order valence-corrected chi connectivity index (χ2v) is 35.9. The second-order valence-electron chi connectivity index (χ2n) is 35.9. The molecule has 6 aromatic carbocycles. The van der Waals surface area contributed by atoms with Gasteiger partial charge in [-0.2, -0.15) is 0 Å². The van der Waals surface area contributed by atoms with Gasteiger partial charge in [0.15, 0.2) is 31.7 Å². The van der Waals surface area contributed by atoms with Crippen molar-refractivity contribution in [2.45, 2.75) is 286 Å². The number of para-hydroxylation sites is 3. The summed E-state index contributed by atoms with van der Waals surface area (Å²) >= 11 is 0. The minimum atomic E-state index is -0.112. The van der Waals surface area contributed by atoms with Crippen LogP contribution in [0.5, 0.6) is 0 Å². The van der Waals surface area contributed by atoms with Gasteiger partial charge in [-0.3, -0.25) is 0 Å². The van der Waals surface area contributed by atoms with Gasteiger partial charge in [-0.15, -0.1) is 0 Å². The zero-order valence-electron chi connectivity index (χ0n) is 77.4. The number of rotatable bonds is 21. The first-order valence-electron chi connectivity index (χ1n) is 45.6. The minimum Gasteiger partial charge on any atom is -0.368 e. The first kappa shape index (κ1) is 109. The summed E-state index contributed by atoms with van der Waals surface area (Å²) in [5.74, 6) is 2.88. The number of fused-ring (bicyclic) bond motifs is 4. The largest absolute Gasteiger partial charge is 2.00 e. The molecular weight excluding hydrogens is 1590 g/mol. The molecule has 1 spiro atoms. The first-order valence-corrected chi connectivity index (χ1v) is 45.6. The summed E-state index contributed by atoms with van der Waals surface area (Å²) in [4.78, 5) is 8.00. The number of ether oxygens (including phenoxy) is 1. The van der Waals surface area contributed by atoms with Gasteiger partial charge in [0.25, 0.3) is 0 Å². The third kappa shape index (κ3) is 30.7. The number of benzene rings is 6. The van der Waals surface area contributed by atoms with E-state index in [0.717, 1.165) is 76.4 Å². The zero-order valence-corrected chi connectivity index (χ0v) is 80.7. The van der Waals surface area contributed by atoms with Crippen LogP contribution in [0.1, 0.15) is 284 Å². The molecule has 7 saturated carbocycles. The molecule has 11 aliphatic rings. The molecule has 0 bridgehead atoms. The first-order chi connectivity index (χ1) is 54.6. The van der Waals surface area contributed by atoms with E-state index in [2.05, 4.69) is 264 Å². The summed E-state index contributed by atoms with van der Waals surface area (Å²) < 4.78 is 12.3. The Hall–Kier alpha value is -5.53. The normalized spacial score (nSPS) is 20.3. The maximum Gasteiger partial charge on any atom is 2.00 e. The van der Waals surface area contributed by atoms with E-state index in [1.54, 1.807) is 11.3 Å². The van der Waals surface area contributed by atoms with Crippen molar-refractivity contribution in [1.82, 2.24) is 0 Å². The molecule has 8 fully saturated rings. The molecule has 1 atom stereocenters. The Bertz CT molecular complexity index is 3820. The monoisotopic (exact) mass is 1750 g/mol. The summed E-state index contributed by atoms with van der Waals surface area (Å²) in [5.41, 5.74) is 17.6. The second kappa shape index (κ2) is 57.9. The Morgan fingerprint density at radius 1 is 0.350 bits per heavy atom. The van der Waals surface area contributed by atoms with Crippen LogP contribution < -0.4 is 14.7 Å². The Balaban J connectivity index is 0.000000412. The topological polar surface area (TPSA) is 28.0 Å². The van der Waals surface area contributed by atoms with E-state index in [1.807, 2.05) is 0 Å². The van der Waals surface area contributed by atoms with Crippen molar-refractivity contribution in [3.05, 3.63) is 277 Å². The summed E-state index contributed by atoms with van der Waals surface area (Å²) in [6.07, 6.45) is 71.7. The van der Waals surface area contributed by atoms with Crippen LogP contribution in [-0.4, -0.2) is 106 Å². The minimum absolute atomic E-state index is 0. The van der Waals surface area contributed by atoms with Gasteiger partial charge in [-0.05, 0) is 147 Å².